The van der Waals surface area contributed by atoms with Crippen molar-refractivity contribution in [2.45, 2.75) is 247 Å². The topological polar surface area (TPSA) is 433 Å². The van der Waals surface area contributed by atoms with Gasteiger partial charge in [-0.05, 0) is 97.7 Å². The molecule has 5 heterocycles. The van der Waals surface area contributed by atoms with E-state index in [4.69, 9.17) is 47.4 Å². The first kappa shape index (κ1) is 65.2. The molecular weight excluding hydrogens is 1120 g/mol. The van der Waals surface area contributed by atoms with Gasteiger partial charge in [-0.1, -0.05) is 53.2 Å². The van der Waals surface area contributed by atoms with Gasteiger partial charge in [-0.2, -0.15) is 0 Å². The lowest BCUT2D eigenvalue weighted by molar-refractivity contribution is -0.372. The molecule has 27 nitrogen and oxygen atoms in total. The monoisotopic (exact) mass is 1210 g/mol. The van der Waals surface area contributed by atoms with Gasteiger partial charge in [0.05, 0.1) is 64.1 Å². The summed E-state index contributed by atoms with van der Waals surface area (Å²) in [4.78, 5) is 15.4. The Hall–Kier alpha value is -1.79. The third-order valence-corrected chi connectivity index (χ3v) is 22.6. The van der Waals surface area contributed by atoms with Crippen molar-refractivity contribution >= 4 is 5.97 Å². The minimum absolute atomic E-state index is 0.124. The van der Waals surface area contributed by atoms with Gasteiger partial charge >= 0.3 is 5.97 Å². The van der Waals surface area contributed by atoms with Crippen LogP contribution in [0.5, 0.6) is 0 Å². The quantitative estimate of drug-likeness (QED) is 0.0471. The molecule has 84 heavy (non-hydrogen) atoms. The molecule has 5 saturated heterocycles. The number of aliphatic hydroxyl groups is 16. The van der Waals surface area contributed by atoms with E-state index < -0.39 is 226 Å². The van der Waals surface area contributed by atoms with Crippen LogP contribution in [0.4, 0.5) is 0 Å². The maximum absolute atomic E-state index is 15.4. The fourth-order valence-electron chi connectivity index (χ4n) is 17.4. The molecule has 5 aliphatic heterocycles. The van der Waals surface area contributed by atoms with E-state index in [0.29, 0.717) is 32.1 Å². The first-order valence-electron chi connectivity index (χ1n) is 29.7. The van der Waals surface area contributed by atoms with E-state index in [1.807, 2.05) is 6.92 Å². The Morgan fingerprint density at radius 3 is 1.92 bits per heavy atom. The molecule has 16 N–H and O–H groups in total. The number of hydrogen-bond acceptors (Lipinski definition) is 27. The number of ether oxygens (including phenoxy) is 10. The molecule has 10 rings (SSSR count). The Balaban J connectivity index is 0.858. The maximum Gasteiger partial charge on any atom is 0.317 e. The molecular formula is C57H92O27. The highest BCUT2D eigenvalue weighted by atomic mass is 16.8. The van der Waals surface area contributed by atoms with E-state index in [2.05, 4.69) is 40.7 Å². The number of fused-ring (bicyclic) bond motifs is 7. The smallest absolute Gasteiger partial charge is 0.317 e. The summed E-state index contributed by atoms with van der Waals surface area (Å²) in [5.41, 5.74) is -6.04. The van der Waals surface area contributed by atoms with Gasteiger partial charge in [-0.3, -0.25) is 4.79 Å². The van der Waals surface area contributed by atoms with Crippen molar-refractivity contribution in [3.8, 4) is 0 Å². The summed E-state index contributed by atoms with van der Waals surface area (Å²) >= 11 is 0. The van der Waals surface area contributed by atoms with Gasteiger partial charge in [0.1, 0.15) is 90.4 Å². The molecule has 0 aromatic rings. The van der Waals surface area contributed by atoms with E-state index in [9.17, 15) is 81.7 Å². The van der Waals surface area contributed by atoms with Crippen molar-refractivity contribution in [3.05, 3.63) is 11.6 Å². The zero-order chi connectivity index (χ0) is 61.3. The molecule has 24 unspecified atom stereocenters. The summed E-state index contributed by atoms with van der Waals surface area (Å²) in [6.07, 6.45) is -31.2. The first-order valence-corrected chi connectivity index (χ1v) is 29.7. The zero-order valence-electron chi connectivity index (χ0n) is 48.6. The molecule has 32 atom stereocenters. The largest absolute Gasteiger partial charge is 0.432 e. The highest BCUT2D eigenvalue weighted by Crippen LogP contribution is 2.76. The van der Waals surface area contributed by atoms with E-state index in [-0.39, 0.29) is 36.5 Å². The normalized spacial score (nSPS) is 55.6. The molecule has 5 aliphatic carbocycles. The molecule has 482 valence electrons. The standard InChI is InChI=1S/C57H92O27/c1-23-40(80-45-39(71)41(28(63)19-75-45)81-49-43(72)56(74,21-60)22-77-49)36(68)38(70)46(78-23)82-42-33(65)27(62)18-76-48(42)84-50(73)57-13-12-51(2,3)14-25(57)24-8-9-31-52(4)15-26(61)44(83-47-37(69)35(67)34(66)29(17-58)79-47)53(5,20-59)30(52)10-11-54(31,6)55(24,7)16-32(57)64/h8,23,25-49,58-72,74H,9-22H2,1-7H3/t23?,25-,26?,27?,28?,29?,30+,31-,32?,33?,34?,35?,36?,37?,38?,39?,40?,41?,42?,43?,44?,45?,46?,47?,48?,49?,52+,53-,54-,55-,56-,57?/m1/s1. The van der Waals surface area contributed by atoms with Crippen molar-refractivity contribution in [1.29, 1.82) is 0 Å². The maximum atomic E-state index is 15.4. The Morgan fingerprint density at radius 1 is 0.607 bits per heavy atom. The number of rotatable bonds is 13. The van der Waals surface area contributed by atoms with Gasteiger partial charge in [0, 0.05) is 5.41 Å². The average Bonchev–Trinajstić information content (AvgIpc) is 1.12. The number of hydrogen-bond donors (Lipinski definition) is 16. The third kappa shape index (κ3) is 10.4. The van der Waals surface area contributed by atoms with Crippen LogP contribution >= 0.6 is 0 Å². The van der Waals surface area contributed by atoms with Crippen LogP contribution in [0.25, 0.3) is 0 Å². The van der Waals surface area contributed by atoms with Crippen LogP contribution in [0, 0.1) is 50.2 Å². The van der Waals surface area contributed by atoms with Gasteiger partial charge in [0.25, 0.3) is 0 Å². The molecule has 9 fully saturated rings. The van der Waals surface area contributed by atoms with Crippen molar-refractivity contribution < 1.29 is 134 Å². The molecule has 0 spiro atoms. The van der Waals surface area contributed by atoms with E-state index in [0.717, 1.165) is 5.57 Å². The number of carbonyl (C=O) groups excluding carboxylic acids is 1. The summed E-state index contributed by atoms with van der Waals surface area (Å²) in [5, 5.41) is 176. The Morgan fingerprint density at radius 2 is 1.25 bits per heavy atom. The number of esters is 1. The van der Waals surface area contributed by atoms with Crippen molar-refractivity contribution in [2.24, 2.45) is 50.2 Å². The van der Waals surface area contributed by atoms with E-state index in [1.54, 1.807) is 0 Å². The second-order valence-electron chi connectivity index (χ2n) is 28.0. The SMILES string of the molecule is CC1OC(OC2C(OC(=O)C34CCC(C)(C)C[C@@H]3C3=CC[C@@H]5[C@@]6(C)CC(O)C(OC7OC(CO)C(O)C(O)C7O)[C@](C)(CO)[C@H]6CC[C@@]5(C)[C@]3(C)CC4O)OCC(O)C2O)C(O)C(O)C1OC1OCC(O)C(OC2OC[C@](O)(CO)C2O)C1O. The molecule has 0 aromatic heterocycles. The highest BCUT2D eigenvalue weighted by molar-refractivity contribution is 5.80. The predicted octanol–water partition coefficient (Wildman–Crippen LogP) is -4.35. The van der Waals surface area contributed by atoms with Crippen LogP contribution in [-0.4, -0.2) is 274 Å². The Labute approximate surface area is 486 Å². The lowest BCUT2D eigenvalue weighted by Crippen LogP contribution is -2.70. The minimum Gasteiger partial charge on any atom is -0.432 e. The number of carbonyl (C=O) groups is 1. The summed E-state index contributed by atoms with van der Waals surface area (Å²) in [6, 6.07) is 0. The van der Waals surface area contributed by atoms with Crippen LogP contribution in [-0.2, 0) is 52.2 Å². The average molecular weight is 1210 g/mol. The van der Waals surface area contributed by atoms with Gasteiger partial charge in [0.2, 0.25) is 6.29 Å². The van der Waals surface area contributed by atoms with Gasteiger partial charge in [-0.25, -0.2) is 0 Å². The highest BCUT2D eigenvalue weighted by Gasteiger charge is 2.73. The van der Waals surface area contributed by atoms with Crippen molar-refractivity contribution in [3.63, 3.8) is 0 Å². The fourth-order valence-corrected chi connectivity index (χ4v) is 17.4. The second kappa shape index (κ2) is 23.5. The van der Waals surface area contributed by atoms with Crippen molar-refractivity contribution in [1.82, 2.24) is 0 Å². The molecule has 0 bridgehead atoms. The lowest BCUT2D eigenvalue weighted by atomic mass is 9.33. The molecule has 4 saturated carbocycles. The molecule has 0 aromatic carbocycles. The fraction of sp³-hybridized carbons (Fsp3) is 0.947. The first-order chi connectivity index (χ1) is 39.3. The van der Waals surface area contributed by atoms with Crippen LogP contribution in [0.3, 0.4) is 0 Å². The molecule has 10 aliphatic rings. The molecule has 0 amide bonds. The summed E-state index contributed by atoms with van der Waals surface area (Å²) in [6.45, 7) is 10.4. The van der Waals surface area contributed by atoms with Crippen molar-refractivity contribution in [2.75, 3.05) is 39.6 Å². The predicted molar refractivity (Wildman–Crippen MR) is 280 cm³/mol. The number of aliphatic hydroxyl groups excluding tert-OH is 15. The minimum atomic E-state index is -2.07. The van der Waals surface area contributed by atoms with Gasteiger partial charge in [0.15, 0.2) is 31.3 Å². The van der Waals surface area contributed by atoms with Crippen LogP contribution in [0.2, 0.25) is 0 Å². The third-order valence-electron chi connectivity index (χ3n) is 22.6. The summed E-state index contributed by atoms with van der Waals surface area (Å²) in [7, 11) is 0. The van der Waals surface area contributed by atoms with Crippen LogP contribution in [0.15, 0.2) is 11.6 Å². The lowest BCUT2D eigenvalue weighted by Gasteiger charge is -2.72. The van der Waals surface area contributed by atoms with Crippen LogP contribution < -0.4 is 0 Å². The zero-order valence-corrected chi connectivity index (χ0v) is 48.6. The van der Waals surface area contributed by atoms with E-state index in [1.165, 1.54) is 6.92 Å². The summed E-state index contributed by atoms with van der Waals surface area (Å²) < 4.78 is 58.6. The molecule has 0 radical (unpaired) electrons. The Bertz CT molecular complexity index is 2370. The van der Waals surface area contributed by atoms with Crippen LogP contribution in [0.1, 0.15) is 99.8 Å². The summed E-state index contributed by atoms with van der Waals surface area (Å²) in [5.74, 6) is -1.84. The Kier molecular flexibility index (Phi) is 18.2. The second-order valence-corrected chi connectivity index (χ2v) is 28.0. The number of allylic oxidation sites excluding steroid dienone is 2. The van der Waals surface area contributed by atoms with Gasteiger partial charge in [-0.15, -0.1) is 0 Å². The molecule has 27 heteroatoms. The van der Waals surface area contributed by atoms with Gasteiger partial charge < -0.3 is 129 Å². The van der Waals surface area contributed by atoms with E-state index >= 15 is 4.79 Å².